The zero-order valence-corrected chi connectivity index (χ0v) is 19.2. The van der Waals surface area contributed by atoms with Crippen LogP contribution in [0.3, 0.4) is 0 Å². The van der Waals surface area contributed by atoms with Gasteiger partial charge in [-0.1, -0.05) is 54.6 Å². The van der Waals surface area contributed by atoms with Crippen LogP contribution in [0.5, 0.6) is 0 Å². The molecule has 4 rings (SSSR count). The van der Waals surface area contributed by atoms with Gasteiger partial charge in [-0.25, -0.2) is 13.1 Å². The first-order chi connectivity index (χ1) is 15.8. The van der Waals surface area contributed by atoms with Crippen molar-refractivity contribution in [2.24, 2.45) is 0 Å². The summed E-state index contributed by atoms with van der Waals surface area (Å²) in [6.07, 6.45) is 0. The number of carbonyl (C=O) groups is 1. The van der Waals surface area contributed by atoms with Gasteiger partial charge in [0.1, 0.15) is 5.82 Å². The number of hydrogen-bond donors (Lipinski definition) is 1. The number of nitrogens with one attached hydrogen (secondary N) is 1. The van der Waals surface area contributed by atoms with Gasteiger partial charge in [0.15, 0.2) is 0 Å². The zero-order valence-electron chi connectivity index (χ0n) is 18.3. The van der Waals surface area contributed by atoms with Crippen molar-refractivity contribution in [1.29, 1.82) is 0 Å². The molecule has 7 nitrogen and oxygen atoms in total. The quantitative estimate of drug-likeness (QED) is 0.445. The standard InChI is InChI=1S/C25H24N4O3S/c1-19-16-24(29(27-19)18-20-10-5-3-6-11-20)26-25(30)21-12-9-15-23(17-21)33(31,32)28(2)22-13-7-4-8-14-22/h3-17H,18H2,1-2H3,(H,26,30). The van der Waals surface area contributed by atoms with Gasteiger partial charge < -0.3 is 5.32 Å². The Kier molecular flexibility index (Phi) is 6.28. The van der Waals surface area contributed by atoms with Crippen LogP contribution in [0, 0.1) is 6.92 Å². The van der Waals surface area contributed by atoms with Gasteiger partial charge in [-0.3, -0.25) is 9.10 Å². The molecule has 0 aliphatic rings. The first kappa shape index (κ1) is 22.3. The third kappa shape index (κ3) is 4.96. The van der Waals surface area contributed by atoms with Crippen LogP contribution in [-0.2, 0) is 16.6 Å². The molecular weight excluding hydrogens is 436 g/mol. The summed E-state index contributed by atoms with van der Waals surface area (Å²) in [7, 11) is -2.34. The second kappa shape index (κ2) is 9.30. The Morgan fingerprint density at radius 3 is 2.30 bits per heavy atom. The van der Waals surface area contributed by atoms with Crippen molar-refractivity contribution in [3.63, 3.8) is 0 Å². The van der Waals surface area contributed by atoms with E-state index in [0.717, 1.165) is 11.3 Å². The highest BCUT2D eigenvalue weighted by atomic mass is 32.2. The molecular formula is C25H24N4O3S. The molecule has 0 unspecified atom stereocenters. The lowest BCUT2D eigenvalue weighted by molar-refractivity contribution is 0.102. The second-order valence-electron chi connectivity index (χ2n) is 7.60. The van der Waals surface area contributed by atoms with E-state index in [1.807, 2.05) is 43.3 Å². The minimum Gasteiger partial charge on any atom is -0.307 e. The Balaban J connectivity index is 1.57. The molecule has 33 heavy (non-hydrogen) atoms. The van der Waals surface area contributed by atoms with Crippen LogP contribution in [0.1, 0.15) is 21.6 Å². The van der Waals surface area contributed by atoms with Crippen molar-refractivity contribution in [3.05, 3.63) is 108 Å². The van der Waals surface area contributed by atoms with E-state index in [4.69, 9.17) is 0 Å². The van der Waals surface area contributed by atoms with E-state index in [0.29, 0.717) is 18.1 Å². The van der Waals surface area contributed by atoms with Crippen molar-refractivity contribution in [2.45, 2.75) is 18.4 Å². The minimum absolute atomic E-state index is 0.0375. The number of amides is 1. The molecule has 1 heterocycles. The third-order valence-electron chi connectivity index (χ3n) is 5.19. The maximum Gasteiger partial charge on any atom is 0.264 e. The Hall–Kier alpha value is -3.91. The summed E-state index contributed by atoms with van der Waals surface area (Å²) in [4.78, 5) is 13.0. The fraction of sp³-hybridized carbons (Fsp3) is 0.120. The fourth-order valence-electron chi connectivity index (χ4n) is 3.44. The number of para-hydroxylation sites is 1. The molecule has 0 spiro atoms. The van der Waals surface area contributed by atoms with Gasteiger partial charge in [0.2, 0.25) is 0 Å². The molecule has 1 N–H and O–H groups in total. The average Bonchev–Trinajstić information content (AvgIpc) is 3.18. The van der Waals surface area contributed by atoms with Gasteiger partial charge in [0, 0.05) is 18.7 Å². The number of anilines is 2. The fourth-order valence-corrected chi connectivity index (χ4v) is 4.69. The maximum absolute atomic E-state index is 13.1. The third-order valence-corrected chi connectivity index (χ3v) is 6.97. The number of benzene rings is 3. The monoisotopic (exact) mass is 460 g/mol. The van der Waals surface area contributed by atoms with E-state index in [1.165, 1.54) is 23.5 Å². The van der Waals surface area contributed by atoms with Crippen LogP contribution < -0.4 is 9.62 Å². The lowest BCUT2D eigenvalue weighted by Gasteiger charge is -2.19. The Morgan fingerprint density at radius 1 is 0.939 bits per heavy atom. The minimum atomic E-state index is -3.83. The summed E-state index contributed by atoms with van der Waals surface area (Å²) >= 11 is 0. The number of aryl methyl sites for hydroxylation is 1. The first-order valence-electron chi connectivity index (χ1n) is 10.4. The smallest absolute Gasteiger partial charge is 0.264 e. The zero-order chi connectivity index (χ0) is 23.4. The predicted octanol–water partition coefficient (Wildman–Crippen LogP) is 4.32. The van der Waals surface area contributed by atoms with E-state index in [-0.39, 0.29) is 10.5 Å². The van der Waals surface area contributed by atoms with Gasteiger partial charge in [-0.15, -0.1) is 0 Å². The molecule has 0 aliphatic carbocycles. The number of hydrogen-bond acceptors (Lipinski definition) is 4. The van der Waals surface area contributed by atoms with Gasteiger partial charge in [-0.05, 0) is 42.8 Å². The largest absolute Gasteiger partial charge is 0.307 e. The van der Waals surface area contributed by atoms with Crippen LogP contribution in [0.15, 0.2) is 95.9 Å². The topological polar surface area (TPSA) is 84.3 Å². The molecule has 0 atom stereocenters. The summed E-state index contributed by atoms with van der Waals surface area (Å²) in [5.41, 5.74) is 2.59. The summed E-state index contributed by atoms with van der Waals surface area (Å²) < 4.78 is 29.1. The predicted molar refractivity (Wildman–Crippen MR) is 129 cm³/mol. The summed E-state index contributed by atoms with van der Waals surface area (Å²) in [5.74, 6) is 0.125. The Bertz CT molecular complexity index is 1370. The lowest BCUT2D eigenvalue weighted by Crippen LogP contribution is -2.26. The number of rotatable bonds is 7. The molecule has 1 amide bonds. The van der Waals surface area contributed by atoms with Crippen LogP contribution in [0.25, 0.3) is 0 Å². The van der Waals surface area contributed by atoms with Crippen LogP contribution >= 0.6 is 0 Å². The second-order valence-corrected chi connectivity index (χ2v) is 9.57. The number of nitrogens with zero attached hydrogens (tertiary/aromatic N) is 3. The first-order valence-corrected chi connectivity index (χ1v) is 11.8. The van der Waals surface area contributed by atoms with Crippen molar-refractivity contribution in [1.82, 2.24) is 9.78 Å². The van der Waals surface area contributed by atoms with E-state index < -0.39 is 15.9 Å². The molecule has 0 aliphatic heterocycles. The highest BCUT2D eigenvalue weighted by molar-refractivity contribution is 7.92. The Morgan fingerprint density at radius 2 is 1.61 bits per heavy atom. The molecule has 4 aromatic rings. The SMILES string of the molecule is Cc1cc(NC(=O)c2cccc(S(=O)(=O)N(C)c3ccccc3)c2)n(Cc2ccccc2)n1. The number of aromatic nitrogens is 2. The Labute approximate surface area is 193 Å². The maximum atomic E-state index is 13.1. The normalized spacial score (nSPS) is 11.2. The molecule has 1 aromatic heterocycles. The van der Waals surface area contributed by atoms with E-state index in [1.54, 1.807) is 47.1 Å². The summed E-state index contributed by atoms with van der Waals surface area (Å²) in [6.45, 7) is 2.35. The lowest BCUT2D eigenvalue weighted by atomic mass is 10.2. The number of carbonyl (C=O) groups excluding carboxylic acids is 1. The molecule has 0 radical (unpaired) electrons. The number of sulfonamides is 1. The van der Waals surface area contributed by atoms with Crippen molar-refractivity contribution in [3.8, 4) is 0 Å². The molecule has 3 aromatic carbocycles. The van der Waals surface area contributed by atoms with Gasteiger partial charge in [0.25, 0.3) is 15.9 Å². The molecule has 168 valence electrons. The van der Waals surface area contributed by atoms with Crippen molar-refractivity contribution in [2.75, 3.05) is 16.7 Å². The highest BCUT2D eigenvalue weighted by Gasteiger charge is 2.22. The van der Waals surface area contributed by atoms with Crippen LogP contribution in [0.2, 0.25) is 0 Å². The van der Waals surface area contributed by atoms with Crippen LogP contribution in [-0.4, -0.2) is 31.2 Å². The van der Waals surface area contributed by atoms with Gasteiger partial charge in [-0.2, -0.15) is 5.10 Å². The average molecular weight is 461 g/mol. The van der Waals surface area contributed by atoms with E-state index in [2.05, 4.69) is 10.4 Å². The van der Waals surface area contributed by atoms with Gasteiger partial charge in [0.05, 0.1) is 22.8 Å². The molecule has 8 heteroatoms. The van der Waals surface area contributed by atoms with Crippen molar-refractivity contribution >= 4 is 27.4 Å². The van der Waals surface area contributed by atoms with Crippen molar-refractivity contribution < 1.29 is 13.2 Å². The highest BCUT2D eigenvalue weighted by Crippen LogP contribution is 2.23. The van der Waals surface area contributed by atoms with E-state index in [9.17, 15) is 13.2 Å². The molecule has 0 bridgehead atoms. The molecule has 0 saturated carbocycles. The van der Waals surface area contributed by atoms with Gasteiger partial charge >= 0.3 is 0 Å². The summed E-state index contributed by atoms with van der Waals surface area (Å²) in [5, 5.41) is 7.33. The van der Waals surface area contributed by atoms with Crippen LogP contribution in [0.4, 0.5) is 11.5 Å². The molecule has 0 saturated heterocycles. The summed E-state index contributed by atoms with van der Waals surface area (Å²) in [6, 6.07) is 26.4. The molecule has 0 fully saturated rings. The van der Waals surface area contributed by atoms with E-state index >= 15 is 0 Å².